The fourth-order valence-electron chi connectivity index (χ4n) is 2.02. The molecule has 1 fully saturated rings. The molecule has 104 valence electrons. The Labute approximate surface area is 126 Å². The second-order valence-electron chi connectivity index (χ2n) is 4.51. The third-order valence-corrected chi connectivity index (χ3v) is 4.04. The predicted octanol–water partition coefficient (Wildman–Crippen LogP) is 0.632. The zero-order valence-corrected chi connectivity index (χ0v) is 12.8. The van der Waals surface area contributed by atoms with Crippen LogP contribution in [0.2, 0.25) is 0 Å². The second-order valence-corrected chi connectivity index (χ2v) is 5.68. The van der Waals surface area contributed by atoms with Gasteiger partial charge in [0.2, 0.25) is 0 Å². The zero-order chi connectivity index (χ0) is 13.7. The van der Waals surface area contributed by atoms with Crippen molar-refractivity contribution in [2.45, 2.75) is 0 Å². The highest BCUT2D eigenvalue weighted by atomic mass is 127. The number of phenols is 1. The summed E-state index contributed by atoms with van der Waals surface area (Å²) in [4.78, 5) is 14.2. The first-order chi connectivity index (χ1) is 9.16. The lowest BCUT2D eigenvalue weighted by Crippen LogP contribution is -2.46. The lowest BCUT2D eigenvalue weighted by atomic mass is 10.2. The topological polar surface area (TPSA) is 64.6 Å². The molecule has 1 amide bonds. The van der Waals surface area contributed by atoms with Crippen LogP contribution < -0.4 is 10.6 Å². The first-order valence-electron chi connectivity index (χ1n) is 6.36. The average Bonchev–Trinajstić information content (AvgIpc) is 2.43. The number of aromatic hydroxyl groups is 1. The van der Waals surface area contributed by atoms with Gasteiger partial charge in [-0.1, -0.05) is 0 Å². The number of hydrogen-bond donors (Lipinski definition) is 3. The SMILES string of the molecule is O=C(NCCN1CCNCC1)c1ccc(I)c(O)c1. The monoisotopic (exact) mass is 375 g/mol. The summed E-state index contributed by atoms with van der Waals surface area (Å²) in [7, 11) is 0. The highest BCUT2D eigenvalue weighted by molar-refractivity contribution is 14.1. The van der Waals surface area contributed by atoms with Crippen molar-refractivity contribution in [3.05, 3.63) is 27.3 Å². The van der Waals surface area contributed by atoms with Crippen molar-refractivity contribution < 1.29 is 9.90 Å². The number of nitrogens with zero attached hydrogens (tertiary/aromatic N) is 1. The number of nitrogens with one attached hydrogen (secondary N) is 2. The van der Waals surface area contributed by atoms with Gasteiger partial charge in [0.25, 0.3) is 5.91 Å². The molecule has 1 aliphatic rings. The highest BCUT2D eigenvalue weighted by Gasteiger charge is 2.11. The van der Waals surface area contributed by atoms with Crippen LogP contribution in [0.15, 0.2) is 18.2 Å². The number of halogens is 1. The molecule has 3 N–H and O–H groups in total. The Morgan fingerprint density at radius 2 is 2.16 bits per heavy atom. The van der Waals surface area contributed by atoms with Crippen molar-refractivity contribution in [1.29, 1.82) is 0 Å². The van der Waals surface area contributed by atoms with Gasteiger partial charge in [0.15, 0.2) is 0 Å². The van der Waals surface area contributed by atoms with E-state index in [1.54, 1.807) is 12.1 Å². The van der Waals surface area contributed by atoms with Crippen molar-refractivity contribution in [3.8, 4) is 5.75 Å². The lowest BCUT2D eigenvalue weighted by Gasteiger charge is -2.27. The molecular formula is C13H18IN3O2. The Hall–Kier alpha value is -0.860. The average molecular weight is 375 g/mol. The maximum Gasteiger partial charge on any atom is 0.251 e. The molecule has 0 unspecified atom stereocenters. The van der Waals surface area contributed by atoms with E-state index < -0.39 is 0 Å². The highest BCUT2D eigenvalue weighted by Crippen LogP contribution is 2.20. The van der Waals surface area contributed by atoms with Gasteiger partial charge in [0.05, 0.1) is 3.57 Å². The Morgan fingerprint density at radius 1 is 1.42 bits per heavy atom. The van der Waals surface area contributed by atoms with Crippen LogP contribution in [0.25, 0.3) is 0 Å². The van der Waals surface area contributed by atoms with Gasteiger partial charge in [-0.15, -0.1) is 0 Å². The molecule has 1 aromatic rings. The molecule has 1 aliphatic heterocycles. The third kappa shape index (κ3) is 4.32. The summed E-state index contributed by atoms with van der Waals surface area (Å²) < 4.78 is 0.745. The van der Waals surface area contributed by atoms with Crippen molar-refractivity contribution in [1.82, 2.24) is 15.5 Å². The number of carbonyl (C=O) groups is 1. The van der Waals surface area contributed by atoms with Gasteiger partial charge in [-0.05, 0) is 40.8 Å². The molecule has 0 atom stereocenters. The summed E-state index contributed by atoms with van der Waals surface area (Å²) in [5.74, 6) is 0.0113. The van der Waals surface area contributed by atoms with Crippen LogP contribution in [-0.4, -0.2) is 55.2 Å². The smallest absolute Gasteiger partial charge is 0.251 e. The lowest BCUT2D eigenvalue weighted by molar-refractivity contribution is 0.0947. The fourth-order valence-corrected chi connectivity index (χ4v) is 2.35. The molecule has 2 rings (SSSR count). The quantitative estimate of drug-likeness (QED) is 0.676. The van der Waals surface area contributed by atoms with E-state index in [1.807, 2.05) is 22.6 Å². The van der Waals surface area contributed by atoms with Crippen LogP contribution in [0.1, 0.15) is 10.4 Å². The molecule has 0 bridgehead atoms. The van der Waals surface area contributed by atoms with Crippen molar-refractivity contribution in [2.24, 2.45) is 0 Å². The molecule has 0 spiro atoms. The van der Waals surface area contributed by atoms with Crippen LogP contribution in [0, 0.1) is 3.57 Å². The Kier molecular flexibility index (Phi) is 5.41. The minimum atomic E-state index is -0.137. The first kappa shape index (κ1) is 14.5. The van der Waals surface area contributed by atoms with Crippen LogP contribution in [-0.2, 0) is 0 Å². The van der Waals surface area contributed by atoms with Crippen LogP contribution in [0.4, 0.5) is 0 Å². The summed E-state index contributed by atoms with van der Waals surface area (Å²) in [5, 5.41) is 15.7. The number of hydrogen-bond acceptors (Lipinski definition) is 4. The summed E-state index contributed by atoms with van der Waals surface area (Å²) in [6, 6.07) is 4.96. The van der Waals surface area contributed by atoms with E-state index in [2.05, 4.69) is 15.5 Å². The van der Waals surface area contributed by atoms with Gasteiger partial charge in [-0.25, -0.2) is 0 Å². The molecule has 1 saturated heterocycles. The maximum atomic E-state index is 11.9. The normalized spacial score (nSPS) is 16.3. The van der Waals surface area contributed by atoms with Gasteiger partial charge >= 0.3 is 0 Å². The largest absolute Gasteiger partial charge is 0.507 e. The molecule has 1 aromatic carbocycles. The van der Waals surface area contributed by atoms with Crippen molar-refractivity contribution in [3.63, 3.8) is 0 Å². The summed E-state index contributed by atoms with van der Waals surface area (Å²) >= 11 is 2.03. The van der Waals surface area contributed by atoms with Gasteiger partial charge in [0, 0.05) is 44.8 Å². The van der Waals surface area contributed by atoms with E-state index in [-0.39, 0.29) is 11.7 Å². The Balaban J connectivity index is 1.78. The maximum absolute atomic E-state index is 11.9. The summed E-state index contributed by atoms with van der Waals surface area (Å²) in [6.07, 6.45) is 0. The van der Waals surface area contributed by atoms with E-state index in [9.17, 15) is 9.90 Å². The van der Waals surface area contributed by atoms with Crippen LogP contribution in [0.3, 0.4) is 0 Å². The second kappa shape index (κ2) is 7.06. The number of rotatable bonds is 4. The number of phenolic OH excluding ortho intramolecular Hbond substituents is 1. The predicted molar refractivity (Wildman–Crippen MR) is 82.5 cm³/mol. The van der Waals surface area contributed by atoms with E-state index in [0.717, 1.165) is 36.3 Å². The minimum absolute atomic E-state index is 0.137. The van der Waals surface area contributed by atoms with Crippen molar-refractivity contribution in [2.75, 3.05) is 39.3 Å². The number of piperazine rings is 1. The molecular weight excluding hydrogens is 357 g/mol. The molecule has 0 aromatic heterocycles. The van der Waals surface area contributed by atoms with Gasteiger partial charge < -0.3 is 15.7 Å². The minimum Gasteiger partial charge on any atom is -0.507 e. The van der Waals surface area contributed by atoms with E-state index >= 15 is 0 Å². The van der Waals surface area contributed by atoms with Crippen molar-refractivity contribution >= 4 is 28.5 Å². The fraction of sp³-hybridized carbons (Fsp3) is 0.462. The zero-order valence-electron chi connectivity index (χ0n) is 10.7. The Bertz CT molecular complexity index is 448. The standard InChI is InChI=1S/C13H18IN3O2/c14-11-2-1-10(9-12(11)18)13(19)16-5-8-17-6-3-15-4-7-17/h1-2,9,15,18H,3-8H2,(H,16,19). The summed E-state index contributed by atoms with van der Waals surface area (Å²) in [6.45, 7) is 5.58. The molecule has 0 aliphatic carbocycles. The van der Waals surface area contributed by atoms with Gasteiger partial charge in [-0.2, -0.15) is 0 Å². The number of carbonyl (C=O) groups excluding carboxylic acids is 1. The summed E-state index contributed by atoms with van der Waals surface area (Å²) in [5.41, 5.74) is 0.498. The third-order valence-electron chi connectivity index (χ3n) is 3.13. The van der Waals surface area contributed by atoms with E-state index in [0.29, 0.717) is 12.1 Å². The van der Waals surface area contributed by atoms with Crippen LogP contribution in [0.5, 0.6) is 5.75 Å². The Morgan fingerprint density at radius 3 is 2.84 bits per heavy atom. The van der Waals surface area contributed by atoms with E-state index in [4.69, 9.17) is 0 Å². The van der Waals surface area contributed by atoms with Gasteiger partial charge in [0.1, 0.15) is 5.75 Å². The number of amides is 1. The first-order valence-corrected chi connectivity index (χ1v) is 7.44. The molecule has 19 heavy (non-hydrogen) atoms. The molecule has 0 radical (unpaired) electrons. The van der Waals surface area contributed by atoms with Crippen LogP contribution >= 0.6 is 22.6 Å². The van der Waals surface area contributed by atoms with E-state index in [1.165, 1.54) is 6.07 Å². The van der Waals surface area contributed by atoms with Gasteiger partial charge in [-0.3, -0.25) is 9.69 Å². The molecule has 5 nitrogen and oxygen atoms in total. The molecule has 0 saturated carbocycles. The number of benzene rings is 1. The molecule has 1 heterocycles. The molecule has 6 heteroatoms.